The van der Waals surface area contributed by atoms with Crippen molar-refractivity contribution >= 4 is 34.6 Å². The Bertz CT molecular complexity index is 1330. The molecule has 0 unspecified atom stereocenters. The fraction of sp³-hybridized carbons (Fsp3) is 0.0741. The number of carbonyl (C=O) groups is 1. The average Bonchev–Trinajstić information content (AvgIpc) is 3.35. The van der Waals surface area contributed by atoms with Crippen LogP contribution >= 0.6 is 11.8 Å². The van der Waals surface area contributed by atoms with Crippen LogP contribution in [0, 0.1) is 6.92 Å². The first-order valence-corrected chi connectivity index (χ1v) is 11.5. The van der Waals surface area contributed by atoms with Crippen LogP contribution in [0.4, 0.5) is 5.69 Å². The Morgan fingerprint density at radius 3 is 2.48 bits per heavy atom. The summed E-state index contributed by atoms with van der Waals surface area (Å²) in [5.41, 5.74) is 4.95. The molecule has 0 atom stereocenters. The van der Waals surface area contributed by atoms with E-state index < -0.39 is 0 Å². The maximum absolute atomic E-state index is 13.4. The molecule has 0 radical (unpaired) electrons. The molecule has 0 N–H and O–H groups in total. The largest absolute Gasteiger partial charge is 0.321 e. The summed E-state index contributed by atoms with van der Waals surface area (Å²) in [6.07, 6.45) is 7.52. The lowest BCUT2D eigenvalue weighted by Crippen LogP contribution is -2.28. The highest BCUT2D eigenvalue weighted by molar-refractivity contribution is 8.18. The maximum atomic E-state index is 13.4. The van der Waals surface area contributed by atoms with Crippen LogP contribution in [0.25, 0.3) is 11.8 Å². The lowest BCUT2D eigenvalue weighted by molar-refractivity contribution is -0.122. The highest BCUT2D eigenvalue weighted by Gasteiger charge is 2.33. The Hall–Kier alpha value is -3.90. The number of aliphatic imine (C=N–C) groups is 1. The van der Waals surface area contributed by atoms with Crippen molar-refractivity contribution in [3.05, 3.63) is 119 Å². The standard InChI is InChI=1S/C27H22N4OS/c1-20-15-22(19-30(20)24-12-6-3-7-13-24)16-25-26(32)31(18-21-9-8-14-28-17-21)27(33-25)29-23-10-4-2-5-11-23/h2-17,19H,18H2,1H3/b25-16+,29-27?. The van der Waals surface area contributed by atoms with Crippen LogP contribution in [0.5, 0.6) is 0 Å². The molecule has 1 aliphatic heterocycles. The molecular weight excluding hydrogens is 428 g/mol. The third-order valence-electron chi connectivity index (χ3n) is 5.30. The second kappa shape index (κ2) is 9.30. The molecule has 1 aliphatic rings. The highest BCUT2D eigenvalue weighted by atomic mass is 32.2. The number of nitrogens with zero attached hydrogens (tertiary/aromatic N) is 4. The van der Waals surface area contributed by atoms with Crippen LogP contribution in [0.3, 0.4) is 0 Å². The first kappa shape index (κ1) is 21.0. The van der Waals surface area contributed by atoms with Crippen molar-refractivity contribution in [2.45, 2.75) is 13.5 Å². The quantitative estimate of drug-likeness (QED) is 0.351. The van der Waals surface area contributed by atoms with E-state index in [0.717, 1.165) is 28.2 Å². The summed E-state index contributed by atoms with van der Waals surface area (Å²) in [5, 5.41) is 0.667. The summed E-state index contributed by atoms with van der Waals surface area (Å²) < 4.78 is 2.13. The molecule has 1 fully saturated rings. The van der Waals surface area contributed by atoms with E-state index in [4.69, 9.17) is 4.99 Å². The third kappa shape index (κ3) is 4.66. The predicted molar refractivity (Wildman–Crippen MR) is 134 cm³/mol. The zero-order valence-corrected chi connectivity index (χ0v) is 18.9. The lowest BCUT2D eigenvalue weighted by atomic mass is 10.2. The Morgan fingerprint density at radius 2 is 1.76 bits per heavy atom. The number of amidine groups is 1. The summed E-state index contributed by atoms with van der Waals surface area (Å²) in [7, 11) is 0. The van der Waals surface area contributed by atoms with Crippen LogP contribution in [0.1, 0.15) is 16.8 Å². The van der Waals surface area contributed by atoms with Gasteiger partial charge in [0.15, 0.2) is 5.17 Å². The number of carbonyl (C=O) groups excluding carboxylic acids is 1. The normalized spacial score (nSPS) is 16.2. The van der Waals surface area contributed by atoms with E-state index >= 15 is 0 Å². The minimum Gasteiger partial charge on any atom is -0.321 e. The van der Waals surface area contributed by atoms with Gasteiger partial charge in [-0.3, -0.25) is 14.7 Å². The van der Waals surface area contributed by atoms with E-state index in [0.29, 0.717) is 16.6 Å². The molecule has 33 heavy (non-hydrogen) atoms. The zero-order chi connectivity index (χ0) is 22.6. The molecular formula is C27H22N4OS. The number of pyridine rings is 1. The topological polar surface area (TPSA) is 50.5 Å². The van der Waals surface area contributed by atoms with Gasteiger partial charge in [-0.25, -0.2) is 4.99 Å². The molecule has 0 spiro atoms. The zero-order valence-electron chi connectivity index (χ0n) is 18.1. The van der Waals surface area contributed by atoms with Crippen LogP contribution in [-0.4, -0.2) is 25.5 Å². The molecule has 2 aromatic carbocycles. The van der Waals surface area contributed by atoms with Crippen LogP contribution in [0.2, 0.25) is 0 Å². The molecule has 3 heterocycles. The number of amides is 1. The van der Waals surface area contributed by atoms with Crippen molar-refractivity contribution in [3.63, 3.8) is 0 Å². The van der Waals surface area contributed by atoms with Crippen molar-refractivity contribution < 1.29 is 4.79 Å². The third-order valence-corrected chi connectivity index (χ3v) is 6.30. The van der Waals surface area contributed by atoms with E-state index in [-0.39, 0.29) is 5.91 Å². The fourth-order valence-corrected chi connectivity index (χ4v) is 4.71. The molecule has 0 aliphatic carbocycles. The van der Waals surface area contributed by atoms with E-state index in [1.54, 1.807) is 17.3 Å². The Labute approximate surface area is 197 Å². The van der Waals surface area contributed by atoms with Gasteiger partial charge in [-0.15, -0.1) is 0 Å². The van der Waals surface area contributed by atoms with Gasteiger partial charge in [0.25, 0.3) is 5.91 Å². The van der Waals surface area contributed by atoms with Gasteiger partial charge < -0.3 is 4.57 Å². The van der Waals surface area contributed by atoms with Crippen LogP contribution in [0.15, 0.2) is 107 Å². The number of thioether (sulfide) groups is 1. The number of para-hydroxylation sites is 2. The van der Waals surface area contributed by atoms with E-state index in [9.17, 15) is 4.79 Å². The van der Waals surface area contributed by atoms with Crippen molar-refractivity contribution in [1.29, 1.82) is 0 Å². The second-order valence-corrected chi connectivity index (χ2v) is 8.72. The first-order chi connectivity index (χ1) is 16.2. The summed E-state index contributed by atoms with van der Waals surface area (Å²) in [4.78, 5) is 24.7. The maximum Gasteiger partial charge on any atom is 0.267 e. The number of hydrogen-bond donors (Lipinski definition) is 0. The smallest absolute Gasteiger partial charge is 0.267 e. The second-order valence-electron chi connectivity index (χ2n) is 7.71. The lowest BCUT2D eigenvalue weighted by Gasteiger charge is -2.15. The van der Waals surface area contributed by atoms with Gasteiger partial charge in [0.2, 0.25) is 0 Å². The minimum atomic E-state index is -0.0522. The SMILES string of the molecule is Cc1cc(/C=C2/SC(=Nc3ccccc3)N(Cc3cccnc3)C2=O)cn1-c1ccccc1. The number of hydrogen-bond acceptors (Lipinski definition) is 4. The molecule has 1 saturated heterocycles. The van der Waals surface area contributed by atoms with E-state index in [2.05, 4.69) is 40.9 Å². The molecule has 5 nitrogen and oxygen atoms in total. The fourth-order valence-electron chi connectivity index (χ4n) is 3.71. The predicted octanol–water partition coefficient (Wildman–Crippen LogP) is 5.98. The number of benzene rings is 2. The summed E-state index contributed by atoms with van der Waals surface area (Å²) in [6.45, 7) is 2.49. The first-order valence-electron chi connectivity index (χ1n) is 10.7. The molecule has 0 bridgehead atoms. The van der Waals surface area contributed by atoms with Crippen molar-refractivity contribution in [1.82, 2.24) is 14.5 Å². The summed E-state index contributed by atoms with van der Waals surface area (Å²) in [5.74, 6) is -0.0522. The molecule has 5 rings (SSSR count). The molecule has 6 heteroatoms. The van der Waals surface area contributed by atoms with Gasteiger partial charge in [-0.05, 0) is 72.3 Å². The Kier molecular flexibility index (Phi) is 5.91. The molecule has 0 saturated carbocycles. The van der Waals surface area contributed by atoms with Gasteiger partial charge in [0, 0.05) is 30.0 Å². The van der Waals surface area contributed by atoms with Gasteiger partial charge in [0.1, 0.15) is 0 Å². The number of rotatable bonds is 5. The summed E-state index contributed by atoms with van der Waals surface area (Å²) >= 11 is 1.40. The summed E-state index contributed by atoms with van der Waals surface area (Å²) in [6, 6.07) is 25.8. The minimum absolute atomic E-state index is 0.0522. The van der Waals surface area contributed by atoms with Crippen molar-refractivity contribution in [3.8, 4) is 5.69 Å². The van der Waals surface area contributed by atoms with Gasteiger partial charge in [-0.1, -0.05) is 42.5 Å². The number of aryl methyl sites for hydroxylation is 1. The van der Waals surface area contributed by atoms with Gasteiger partial charge >= 0.3 is 0 Å². The molecule has 4 aromatic rings. The monoisotopic (exact) mass is 450 g/mol. The van der Waals surface area contributed by atoms with Gasteiger partial charge in [0.05, 0.1) is 17.1 Å². The molecule has 162 valence electrons. The molecule has 1 amide bonds. The van der Waals surface area contributed by atoms with Crippen molar-refractivity contribution in [2.75, 3.05) is 0 Å². The average molecular weight is 451 g/mol. The Balaban J connectivity index is 1.49. The van der Waals surface area contributed by atoms with E-state index in [1.165, 1.54) is 11.8 Å². The molecule has 2 aromatic heterocycles. The van der Waals surface area contributed by atoms with Crippen LogP contribution < -0.4 is 0 Å². The van der Waals surface area contributed by atoms with E-state index in [1.807, 2.05) is 66.7 Å². The van der Waals surface area contributed by atoms with Crippen molar-refractivity contribution in [2.24, 2.45) is 4.99 Å². The number of aromatic nitrogens is 2. The van der Waals surface area contributed by atoms with Gasteiger partial charge in [-0.2, -0.15) is 0 Å². The highest BCUT2D eigenvalue weighted by Crippen LogP contribution is 2.35. The Morgan fingerprint density at radius 1 is 1.00 bits per heavy atom. The van der Waals surface area contributed by atoms with Crippen LogP contribution in [-0.2, 0) is 11.3 Å².